The Morgan fingerprint density at radius 3 is 2.31 bits per heavy atom. The van der Waals surface area contributed by atoms with Gasteiger partial charge in [0.1, 0.15) is 11.4 Å². The van der Waals surface area contributed by atoms with Crippen LogP contribution in [0.15, 0.2) is 18.2 Å². The second-order valence-corrected chi connectivity index (χ2v) is 2.72. The molecule has 0 bridgehead atoms. The van der Waals surface area contributed by atoms with Crippen LogP contribution in [-0.4, -0.2) is 16.9 Å². The lowest BCUT2D eigenvalue weighted by molar-refractivity contribution is -0.385. The maximum atomic E-state index is 13.0. The molecule has 0 atom stereocenters. The molecule has 0 amide bonds. The fraction of sp³-hybridized carbons (Fsp3) is 0.125. The number of nitro benzene ring substituents is 1. The number of nitro groups is 1. The molecule has 0 aliphatic carbocycles. The van der Waals surface area contributed by atoms with E-state index < -0.39 is 34.0 Å². The first-order valence-corrected chi connectivity index (χ1v) is 3.79. The predicted octanol–water partition coefficient (Wildman–Crippen LogP) is 2.48. The molecule has 86 valence electrons. The number of hydrogen-bond donors (Lipinski definition) is 0. The number of ketones is 1. The second-order valence-electron chi connectivity index (χ2n) is 2.72. The van der Waals surface area contributed by atoms with Gasteiger partial charge >= 0.3 is 6.18 Å². The zero-order valence-corrected chi connectivity index (χ0v) is 7.42. The van der Waals surface area contributed by atoms with Crippen molar-refractivity contribution >= 4 is 11.5 Å². The highest BCUT2D eigenvalue weighted by Gasteiger charge is 2.44. The molecular formula is C8H3F4NO3. The molecule has 0 saturated carbocycles. The number of carbonyl (C=O) groups excluding carboxylic acids is 1. The first-order chi connectivity index (χ1) is 7.25. The maximum absolute atomic E-state index is 13.0. The van der Waals surface area contributed by atoms with Crippen LogP contribution in [0.25, 0.3) is 0 Å². The molecule has 0 saturated heterocycles. The fourth-order valence-electron chi connectivity index (χ4n) is 1.03. The van der Waals surface area contributed by atoms with Crippen molar-refractivity contribution in [3.63, 3.8) is 0 Å². The van der Waals surface area contributed by atoms with Gasteiger partial charge in [-0.25, -0.2) is 4.39 Å². The summed E-state index contributed by atoms with van der Waals surface area (Å²) in [5.74, 6) is -4.14. The van der Waals surface area contributed by atoms with Gasteiger partial charge in [-0.3, -0.25) is 14.9 Å². The lowest BCUT2D eigenvalue weighted by atomic mass is 10.1. The summed E-state index contributed by atoms with van der Waals surface area (Å²) in [6.07, 6.45) is -5.35. The Labute approximate surface area is 85.6 Å². The normalized spacial score (nSPS) is 11.2. The summed E-state index contributed by atoms with van der Waals surface area (Å²) in [4.78, 5) is 19.8. The molecule has 0 aliphatic heterocycles. The van der Waals surface area contributed by atoms with E-state index >= 15 is 0 Å². The third-order valence-electron chi connectivity index (χ3n) is 1.67. The number of benzene rings is 1. The van der Waals surface area contributed by atoms with Crippen molar-refractivity contribution in [3.05, 3.63) is 39.7 Å². The molecule has 0 N–H and O–H groups in total. The van der Waals surface area contributed by atoms with Crippen molar-refractivity contribution in [2.24, 2.45) is 0 Å². The molecule has 1 aromatic carbocycles. The van der Waals surface area contributed by atoms with Gasteiger partial charge in [-0.1, -0.05) is 6.07 Å². The van der Waals surface area contributed by atoms with Crippen LogP contribution in [0.4, 0.5) is 23.2 Å². The molecule has 0 radical (unpaired) electrons. The number of hydrogen-bond acceptors (Lipinski definition) is 3. The second kappa shape index (κ2) is 3.87. The predicted molar refractivity (Wildman–Crippen MR) is 43.4 cm³/mol. The van der Waals surface area contributed by atoms with Crippen molar-refractivity contribution in [1.29, 1.82) is 0 Å². The van der Waals surface area contributed by atoms with Crippen molar-refractivity contribution in [2.45, 2.75) is 6.18 Å². The van der Waals surface area contributed by atoms with Crippen molar-refractivity contribution in [1.82, 2.24) is 0 Å². The Kier molecular flexibility index (Phi) is 2.92. The van der Waals surface area contributed by atoms with Gasteiger partial charge in [0, 0.05) is 6.07 Å². The molecule has 16 heavy (non-hydrogen) atoms. The average Bonchev–Trinajstić information content (AvgIpc) is 2.14. The molecule has 0 aromatic heterocycles. The fourth-order valence-corrected chi connectivity index (χ4v) is 1.03. The van der Waals surface area contributed by atoms with E-state index in [1.165, 1.54) is 0 Å². The lowest BCUT2D eigenvalue weighted by Gasteiger charge is -2.06. The van der Waals surface area contributed by atoms with Gasteiger partial charge < -0.3 is 0 Å². The number of halogens is 4. The first kappa shape index (κ1) is 12.1. The van der Waals surface area contributed by atoms with E-state index in [1.54, 1.807) is 0 Å². The minimum absolute atomic E-state index is 0.548. The smallest absolute Gasteiger partial charge is 0.284 e. The van der Waals surface area contributed by atoms with Crippen LogP contribution in [0, 0.1) is 15.9 Å². The number of rotatable bonds is 2. The zero-order chi connectivity index (χ0) is 12.5. The van der Waals surface area contributed by atoms with Crippen LogP contribution in [0.1, 0.15) is 10.4 Å². The highest BCUT2D eigenvalue weighted by molar-refractivity contribution is 6.03. The number of nitrogens with zero attached hydrogens (tertiary/aromatic N) is 1. The van der Waals surface area contributed by atoms with Crippen LogP contribution in [0.3, 0.4) is 0 Å². The van der Waals surface area contributed by atoms with Crippen LogP contribution in [0.5, 0.6) is 0 Å². The van der Waals surface area contributed by atoms with Gasteiger partial charge in [0.25, 0.3) is 11.5 Å². The molecule has 8 heteroatoms. The summed E-state index contributed by atoms with van der Waals surface area (Å²) >= 11 is 0. The van der Waals surface area contributed by atoms with E-state index in [9.17, 15) is 32.5 Å². The maximum Gasteiger partial charge on any atom is 0.455 e. The average molecular weight is 237 g/mol. The van der Waals surface area contributed by atoms with Crippen molar-refractivity contribution in [3.8, 4) is 0 Å². The SMILES string of the molecule is O=C(c1c(F)cccc1[N+](=O)[O-])C(F)(F)F. The Bertz CT molecular complexity index is 455. The van der Waals surface area contributed by atoms with E-state index in [4.69, 9.17) is 0 Å². The summed E-state index contributed by atoms with van der Waals surface area (Å²) in [7, 11) is 0. The molecule has 0 aliphatic rings. The third kappa shape index (κ3) is 2.15. The lowest BCUT2D eigenvalue weighted by Crippen LogP contribution is -2.24. The number of Topliss-reactive ketones (excluding diaryl/α,β-unsaturated/α-hetero) is 1. The monoisotopic (exact) mass is 237 g/mol. The van der Waals surface area contributed by atoms with Crippen molar-refractivity contribution in [2.75, 3.05) is 0 Å². The Balaban J connectivity index is 3.43. The molecule has 0 unspecified atom stereocenters. The number of carbonyl (C=O) groups is 1. The number of alkyl halides is 3. The molecule has 0 fully saturated rings. The Hall–Kier alpha value is -1.99. The van der Waals surface area contributed by atoms with Gasteiger partial charge in [-0.15, -0.1) is 0 Å². The summed E-state index contributed by atoms with van der Waals surface area (Å²) in [6, 6.07) is 2.02. The topological polar surface area (TPSA) is 60.2 Å². The van der Waals surface area contributed by atoms with Crippen molar-refractivity contribution < 1.29 is 27.3 Å². The molecule has 1 aromatic rings. The summed E-state index contributed by atoms with van der Waals surface area (Å²) in [5, 5.41) is 10.3. The van der Waals surface area contributed by atoms with Gasteiger partial charge in [0.05, 0.1) is 4.92 Å². The highest BCUT2D eigenvalue weighted by Crippen LogP contribution is 2.29. The van der Waals surface area contributed by atoms with Crippen LogP contribution < -0.4 is 0 Å². The zero-order valence-electron chi connectivity index (χ0n) is 7.42. The Morgan fingerprint density at radius 1 is 1.31 bits per heavy atom. The van der Waals surface area contributed by atoms with Gasteiger partial charge in [-0.05, 0) is 6.07 Å². The quantitative estimate of drug-likeness (QED) is 0.343. The molecule has 0 heterocycles. The van der Waals surface area contributed by atoms with E-state index in [0.717, 1.165) is 6.07 Å². The summed E-state index contributed by atoms with van der Waals surface area (Å²) in [6.45, 7) is 0. The highest BCUT2D eigenvalue weighted by atomic mass is 19.4. The summed E-state index contributed by atoms with van der Waals surface area (Å²) < 4.78 is 49.0. The molecule has 1 rings (SSSR count). The van der Waals surface area contributed by atoms with Crippen LogP contribution in [-0.2, 0) is 0 Å². The van der Waals surface area contributed by atoms with E-state index in [2.05, 4.69) is 0 Å². The van der Waals surface area contributed by atoms with Gasteiger partial charge in [0.2, 0.25) is 0 Å². The molecule has 0 spiro atoms. The van der Waals surface area contributed by atoms with Gasteiger partial charge in [-0.2, -0.15) is 13.2 Å². The summed E-state index contributed by atoms with van der Waals surface area (Å²) in [5.41, 5.74) is -2.78. The van der Waals surface area contributed by atoms with Crippen LogP contribution in [0.2, 0.25) is 0 Å². The van der Waals surface area contributed by atoms with E-state index in [1.807, 2.05) is 0 Å². The van der Waals surface area contributed by atoms with E-state index in [-0.39, 0.29) is 0 Å². The van der Waals surface area contributed by atoms with Crippen LogP contribution >= 0.6 is 0 Å². The minimum Gasteiger partial charge on any atom is -0.284 e. The van der Waals surface area contributed by atoms with E-state index in [0.29, 0.717) is 12.1 Å². The molecular weight excluding hydrogens is 234 g/mol. The first-order valence-electron chi connectivity index (χ1n) is 3.79. The van der Waals surface area contributed by atoms with Gasteiger partial charge in [0.15, 0.2) is 0 Å². The largest absolute Gasteiger partial charge is 0.455 e. The molecule has 4 nitrogen and oxygen atoms in total. The third-order valence-corrected chi connectivity index (χ3v) is 1.67. The standard InChI is InChI=1S/C8H3F4NO3/c9-4-2-1-3-5(13(15)16)6(4)7(14)8(10,11)12/h1-3H. The Morgan fingerprint density at radius 2 is 1.88 bits per heavy atom. The minimum atomic E-state index is -5.35.